The van der Waals surface area contributed by atoms with Crippen molar-refractivity contribution in [1.82, 2.24) is 0 Å². The van der Waals surface area contributed by atoms with Crippen LogP contribution < -0.4 is 0 Å². The maximum absolute atomic E-state index is 6.11. The molecule has 1 atom stereocenters. The lowest BCUT2D eigenvalue weighted by Gasteiger charge is -2.27. The summed E-state index contributed by atoms with van der Waals surface area (Å²) < 4.78 is 6.11. The lowest BCUT2D eigenvalue weighted by Crippen LogP contribution is -2.14. The zero-order valence-electron chi connectivity index (χ0n) is 12.8. The zero-order chi connectivity index (χ0) is 14.5. The van der Waals surface area contributed by atoms with Gasteiger partial charge in [0.05, 0.1) is 6.10 Å². The highest BCUT2D eigenvalue weighted by molar-refractivity contribution is 5.69. The van der Waals surface area contributed by atoms with Crippen LogP contribution in [0.25, 0.3) is 11.1 Å². The number of hydrogen-bond acceptors (Lipinski definition) is 1. The first-order chi connectivity index (χ1) is 10.4. The van der Waals surface area contributed by atoms with E-state index in [1.807, 2.05) is 0 Å². The molecule has 0 spiro atoms. The molecule has 0 radical (unpaired) electrons. The molecule has 0 saturated carbocycles. The number of ether oxygens (including phenoxy) is 1. The van der Waals surface area contributed by atoms with Crippen LogP contribution in [-0.4, -0.2) is 6.61 Å². The summed E-state index contributed by atoms with van der Waals surface area (Å²) in [5.74, 6) is 0. The minimum Gasteiger partial charge on any atom is -0.373 e. The number of benzene rings is 2. The number of aryl methyl sites for hydroxylation is 1. The first kappa shape index (κ1) is 14.3. The average Bonchev–Trinajstić information content (AvgIpc) is 2.56. The van der Waals surface area contributed by atoms with Crippen LogP contribution in [0.4, 0.5) is 0 Å². The summed E-state index contributed by atoms with van der Waals surface area (Å²) in [6.07, 6.45) is 6.22. The van der Waals surface area contributed by atoms with E-state index in [0.717, 1.165) is 19.4 Å². The summed E-state index contributed by atoms with van der Waals surface area (Å²) in [6, 6.07) is 17.5. The quantitative estimate of drug-likeness (QED) is 0.713. The molecule has 0 aromatic heterocycles. The van der Waals surface area contributed by atoms with E-state index in [-0.39, 0.29) is 6.10 Å². The molecule has 1 fully saturated rings. The maximum Gasteiger partial charge on any atom is 0.0833 e. The van der Waals surface area contributed by atoms with Crippen LogP contribution in [0.3, 0.4) is 0 Å². The first-order valence-corrected chi connectivity index (χ1v) is 8.19. The summed E-state index contributed by atoms with van der Waals surface area (Å²) in [5, 5.41) is 0. The molecule has 1 heterocycles. The predicted octanol–water partition coefficient (Wildman–Crippen LogP) is 5.55. The van der Waals surface area contributed by atoms with Crippen molar-refractivity contribution in [1.29, 1.82) is 0 Å². The molecule has 1 heteroatoms. The molecule has 0 N–H and O–H groups in total. The number of rotatable bonds is 4. The van der Waals surface area contributed by atoms with Gasteiger partial charge in [-0.25, -0.2) is 0 Å². The van der Waals surface area contributed by atoms with E-state index in [1.165, 1.54) is 41.5 Å². The predicted molar refractivity (Wildman–Crippen MR) is 88.4 cm³/mol. The van der Waals surface area contributed by atoms with Crippen LogP contribution in [0, 0.1) is 0 Å². The second-order valence-electron chi connectivity index (χ2n) is 5.85. The van der Waals surface area contributed by atoms with Gasteiger partial charge in [-0.05, 0) is 47.9 Å². The van der Waals surface area contributed by atoms with Crippen molar-refractivity contribution >= 4 is 0 Å². The van der Waals surface area contributed by atoms with Crippen molar-refractivity contribution in [3.05, 3.63) is 59.7 Å². The highest BCUT2D eigenvalue weighted by Crippen LogP contribution is 2.37. The van der Waals surface area contributed by atoms with Gasteiger partial charge in [0.15, 0.2) is 0 Å². The normalized spacial score (nSPS) is 18.6. The van der Waals surface area contributed by atoms with E-state index in [2.05, 4.69) is 55.5 Å². The Bertz CT molecular complexity index is 568. The Morgan fingerprint density at radius 3 is 2.57 bits per heavy atom. The van der Waals surface area contributed by atoms with Crippen molar-refractivity contribution < 1.29 is 4.74 Å². The highest BCUT2D eigenvalue weighted by Gasteiger charge is 2.22. The fourth-order valence-corrected chi connectivity index (χ4v) is 3.32. The molecule has 21 heavy (non-hydrogen) atoms. The summed E-state index contributed by atoms with van der Waals surface area (Å²) in [5.41, 5.74) is 5.56. The molecule has 1 nitrogen and oxygen atoms in total. The third-order valence-electron chi connectivity index (χ3n) is 4.30. The van der Waals surface area contributed by atoms with Crippen LogP contribution in [-0.2, 0) is 11.2 Å². The van der Waals surface area contributed by atoms with E-state index in [4.69, 9.17) is 4.74 Å². The van der Waals surface area contributed by atoms with Crippen LogP contribution >= 0.6 is 0 Å². The molecule has 1 unspecified atom stereocenters. The SMILES string of the molecule is CCCc1cccc(-c2ccccc2)c1C1CCCCO1. The van der Waals surface area contributed by atoms with Gasteiger partial charge in [0, 0.05) is 6.61 Å². The molecule has 110 valence electrons. The second kappa shape index (κ2) is 6.91. The van der Waals surface area contributed by atoms with Gasteiger partial charge in [0.1, 0.15) is 0 Å². The Morgan fingerprint density at radius 1 is 1.00 bits per heavy atom. The lowest BCUT2D eigenvalue weighted by atomic mass is 9.87. The monoisotopic (exact) mass is 280 g/mol. The van der Waals surface area contributed by atoms with Gasteiger partial charge in [-0.15, -0.1) is 0 Å². The third-order valence-corrected chi connectivity index (χ3v) is 4.30. The Hall–Kier alpha value is -1.60. The molecule has 0 bridgehead atoms. The molecule has 0 amide bonds. The van der Waals surface area contributed by atoms with Crippen molar-refractivity contribution in [3.63, 3.8) is 0 Å². The Kier molecular flexibility index (Phi) is 4.72. The maximum atomic E-state index is 6.11. The van der Waals surface area contributed by atoms with E-state index in [9.17, 15) is 0 Å². The first-order valence-electron chi connectivity index (χ1n) is 8.19. The fraction of sp³-hybridized carbons (Fsp3) is 0.400. The lowest BCUT2D eigenvalue weighted by molar-refractivity contribution is 0.0148. The summed E-state index contributed by atoms with van der Waals surface area (Å²) in [6.45, 7) is 3.15. The standard InChI is InChI=1S/C20H24O/c1-2-9-17-12-8-13-18(16-10-4-3-5-11-16)20(17)19-14-6-7-15-21-19/h3-5,8,10-13,19H,2,6-7,9,14-15H2,1H3. The van der Waals surface area contributed by atoms with Crippen LogP contribution in [0.2, 0.25) is 0 Å². The van der Waals surface area contributed by atoms with Crippen molar-refractivity contribution in [3.8, 4) is 11.1 Å². The highest BCUT2D eigenvalue weighted by atomic mass is 16.5. The molecule has 1 saturated heterocycles. The van der Waals surface area contributed by atoms with Gasteiger partial charge in [-0.3, -0.25) is 0 Å². The molecular weight excluding hydrogens is 256 g/mol. The topological polar surface area (TPSA) is 9.23 Å². The molecular formula is C20H24O. The third kappa shape index (κ3) is 3.19. The summed E-state index contributed by atoms with van der Waals surface area (Å²) in [4.78, 5) is 0. The summed E-state index contributed by atoms with van der Waals surface area (Å²) in [7, 11) is 0. The van der Waals surface area contributed by atoms with Gasteiger partial charge in [-0.1, -0.05) is 61.9 Å². The molecule has 1 aliphatic heterocycles. The van der Waals surface area contributed by atoms with Crippen molar-refractivity contribution in [2.24, 2.45) is 0 Å². The average molecular weight is 280 g/mol. The smallest absolute Gasteiger partial charge is 0.0833 e. The van der Waals surface area contributed by atoms with Gasteiger partial charge < -0.3 is 4.74 Å². The van der Waals surface area contributed by atoms with E-state index >= 15 is 0 Å². The van der Waals surface area contributed by atoms with Crippen LogP contribution in [0.5, 0.6) is 0 Å². The largest absolute Gasteiger partial charge is 0.373 e. The van der Waals surface area contributed by atoms with Crippen molar-refractivity contribution in [2.45, 2.75) is 45.1 Å². The van der Waals surface area contributed by atoms with E-state index in [1.54, 1.807) is 0 Å². The summed E-state index contributed by atoms with van der Waals surface area (Å²) >= 11 is 0. The van der Waals surface area contributed by atoms with Gasteiger partial charge in [-0.2, -0.15) is 0 Å². The Balaban J connectivity index is 2.08. The fourth-order valence-electron chi connectivity index (χ4n) is 3.32. The zero-order valence-corrected chi connectivity index (χ0v) is 12.8. The molecule has 2 aromatic rings. The minimum atomic E-state index is 0.275. The molecule has 0 aliphatic carbocycles. The number of hydrogen-bond donors (Lipinski definition) is 0. The minimum absolute atomic E-state index is 0.275. The molecule has 3 rings (SSSR count). The van der Waals surface area contributed by atoms with E-state index in [0.29, 0.717) is 0 Å². The Morgan fingerprint density at radius 2 is 1.86 bits per heavy atom. The van der Waals surface area contributed by atoms with Crippen LogP contribution in [0.15, 0.2) is 48.5 Å². The van der Waals surface area contributed by atoms with Gasteiger partial charge >= 0.3 is 0 Å². The van der Waals surface area contributed by atoms with Crippen molar-refractivity contribution in [2.75, 3.05) is 6.61 Å². The van der Waals surface area contributed by atoms with Gasteiger partial charge in [0.2, 0.25) is 0 Å². The second-order valence-corrected chi connectivity index (χ2v) is 5.85. The Labute approximate surface area is 128 Å². The van der Waals surface area contributed by atoms with Gasteiger partial charge in [0.25, 0.3) is 0 Å². The van der Waals surface area contributed by atoms with E-state index < -0.39 is 0 Å². The molecule has 1 aliphatic rings. The molecule has 2 aromatic carbocycles. The van der Waals surface area contributed by atoms with Crippen LogP contribution in [0.1, 0.15) is 49.8 Å².